The molecule has 0 aromatic carbocycles. The zero-order chi connectivity index (χ0) is 12.2. The van der Waals surface area contributed by atoms with Gasteiger partial charge < -0.3 is 5.32 Å². The van der Waals surface area contributed by atoms with Gasteiger partial charge >= 0.3 is 0 Å². The lowest BCUT2D eigenvalue weighted by atomic mass is 9.48. The summed E-state index contributed by atoms with van der Waals surface area (Å²) in [6, 6.07) is 0.554. The van der Waals surface area contributed by atoms with E-state index < -0.39 is 0 Å². The van der Waals surface area contributed by atoms with Gasteiger partial charge in [0.25, 0.3) is 0 Å². The minimum atomic E-state index is 0.554. The molecule has 1 aromatic rings. The summed E-state index contributed by atoms with van der Waals surface area (Å²) < 4.78 is 4.09. The van der Waals surface area contributed by atoms with E-state index in [1.807, 2.05) is 0 Å². The van der Waals surface area contributed by atoms with Gasteiger partial charge in [0.2, 0.25) is 5.13 Å². The number of aromatic nitrogens is 2. The Morgan fingerprint density at radius 2 is 1.83 bits per heavy atom. The van der Waals surface area contributed by atoms with Crippen molar-refractivity contribution in [3.8, 4) is 0 Å². The lowest BCUT2D eigenvalue weighted by molar-refractivity contribution is -0.0602. The third-order valence-electron chi connectivity index (χ3n) is 5.71. The third kappa shape index (κ3) is 1.68. The van der Waals surface area contributed by atoms with Crippen LogP contribution in [0.3, 0.4) is 0 Å². The van der Waals surface area contributed by atoms with Gasteiger partial charge in [-0.25, -0.2) is 4.98 Å². The van der Waals surface area contributed by atoms with Crippen molar-refractivity contribution in [2.45, 2.75) is 51.5 Å². The molecule has 0 saturated heterocycles. The molecule has 4 bridgehead atoms. The Labute approximate surface area is 113 Å². The highest BCUT2D eigenvalue weighted by Crippen LogP contribution is 2.61. The molecule has 4 heteroatoms. The Bertz CT molecular complexity index is 393. The fourth-order valence-corrected chi connectivity index (χ4v) is 5.80. The molecule has 0 spiro atoms. The first-order valence-corrected chi connectivity index (χ1v) is 8.04. The first kappa shape index (κ1) is 11.2. The second kappa shape index (κ2) is 3.92. The van der Waals surface area contributed by atoms with Gasteiger partial charge in [-0.15, -0.1) is 0 Å². The van der Waals surface area contributed by atoms with Crippen molar-refractivity contribution in [3.05, 3.63) is 6.33 Å². The van der Waals surface area contributed by atoms with Crippen LogP contribution in [0.2, 0.25) is 0 Å². The van der Waals surface area contributed by atoms with Gasteiger partial charge in [0.1, 0.15) is 6.33 Å². The van der Waals surface area contributed by atoms with Gasteiger partial charge in [0.15, 0.2) is 0 Å². The van der Waals surface area contributed by atoms with E-state index in [2.05, 4.69) is 21.6 Å². The molecule has 4 saturated carbocycles. The zero-order valence-electron chi connectivity index (χ0n) is 10.9. The Balaban J connectivity index is 1.56. The minimum Gasteiger partial charge on any atom is -0.357 e. The van der Waals surface area contributed by atoms with Crippen molar-refractivity contribution in [1.82, 2.24) is 9.36 Å². The Hall–Kier alpha value is -0.640. The van der Waals surface area contributed by atoms with Crippen LogP contribution >= 0.6 is 11.5 Å². The summed E-state index contributed by atoms with van der Waals surface area (Å²) in [6.07, 6.45) is 10.6. The normalized spacial score (nSPS) is 43.1. The Morgan fingerprint density at radius 1 is 1.22 bits per heavy atom. The van der Waals surface area contributed by atoms with Crippen LogP contribution in [-0.2, 0) is 0 Å². The molecule has 18 heavy (non-hydrogen) atoms. The van der Waals surface area contributed by atoms with Crippen LogP contribution in [0.15, 0.2) is 6.33 Å². The topological polar surface area (TPSA) is 37.8 Å². The van der Waals surface area contributed by atoms with Crippen molar-refractivity contribution < 1.29 is 0 Å². The van der Waals surface area contributed by atoms with Crippen LogP contribution in [0.25, 0.3) is 0 Å². The summed E-state index contributed by atoms with van der Waals surface area (Å²) in [4.78, 5) is 4.28. The van der Waals surface area contributed by atoms with Crippen molar-refractivity contribution in [2.24, 2.45) is 23.2 Å². The summed E-state index contributed by atoms with van der Waals surface area (Å²) in [7, 11) is 0. The van der Waals surface area contributed by atoms with Gasteiger partial charge in [-0.2, -0.15) is 4.37 Å². The first-order chi connectivity index (χ1) is 8.73. The fourth-order valence-electron chi connectivity index (χ4n) is 5.28. The summed E-state index contributed by atoms with van der Waals surface area (Å²) in [5, 5.41) is 4.62. The van der Waals surface area contributed by atoms with E-state index in [1.165, 1.54) is 50.1 Å². The molecule has 0 amide bonds. The van der Waals surface area contributed by atoms with E-state index in [0.717, 1.165) is 22.9 Å². The number of nitrogens with one attached hydrogen (secondary N) is 1. The lowest BCUT2D eigenvalue weighted by Gasteiger charge is -2.59. The van der Waals surface area contributed by atoms with Crippen LogP contribution in [0.1, 0.15) is 45.4 Å². The number of nitrogens with zero attached hydrogens (tertiary/aromatic N) is 2. The third-order valence-corrected chi connectivity index (χ3v) is 6.30. The molecule has 5 rings (SSSR count). The van der Waals surface area contributed by atoms with E-state index in [1.54, 1.807) is 6.33 Å². The smallest absolute Gasteiger partial charge is 0.202 e. The molecule has 1 unspecified atom stereocenters. The minimum absolute atomic E-state index is 0.554. The van der Waals surface area contributed by atoms with Gasteiger partial charge in [-0.3, -0.25) is 0 Å². The van der Waals surface area contributed by atoms with Gasteiger partial charge in [0.05, 0.1) is 0 Å². The molecule has 0 aliphatic heterocycles. The maximum absolute atomic E-state index is 4.28. The predicted octanol–water partition coefficient (Wildman–Crippen LogP) is 3.55. The Kier molecular flexibility index (Phi) is 2.44. The second-order valence-corrected chi connectivity index (χ2v) is 7.67. The summed E-state index contributed by atoms with van der Waals surface area (Å²) >= 11 is 1.48. The van der Waals surface area contributed by atoms with Crippen molar-refractivity contribution in [2.75, 3.05) is 5.32 Å². The molecular weight excluding hydrogens is 242 g/mol. The van der Waals surface area contributed by atoms with Crippen molar-refractivity contribution in [1.29, 1.82) is 0 Å². The predicted molar refractivity (Wildman–Crippen MR) is 73.6 cm³/mol. The summed E-state index contributed by atoms with van der Waals surface area (Å²) in [5.41, 5.74) is 0.556. The lowest BCUT2D eigenvalue weighted by Crippen LogP contribution is -2.52. The molecule has 1 aromatic heterocycles. The SMILES string of the molecule is CC(Nc1ncns1)C12CC3CC(CC(C3)C1)C2. The molecule has 98 valence electrons. The largest absolute Gasteiger partial charge is 0.357 e. The van der Waals surface area contributed by atoms with E-state index in [0.29, 0.717) is 11.5 Å². The number of anilines is 1. The van der Waals surface area contributed by atoms with E-state index >= 15 is 0 Å². The standard InChI is InChI=1S/C14H21N3S/c1-9(17-13-15-8-16-18-13)14-5-10-2-11(6-14)4-12(3-10)7-14/h8-12H,2-7H2,1H3,(H,15,16,17). The summed E-state index contributed by atoms with van der Waals surface area (Å²) in [6.45, 7) is 2.37. The van der Waals surface area contributed by atoms with Crippen LogP contribution in [0, 0.1) is 23.2 Å². The average Bonchev–Trinajstić information content (AvgIpc) is 2.79. The fraction of sp³-hybridized carbons (Fsp3) is 0.857. The molecule has 4 aliphatic carbocycles. The quantitative estimate of drug-likeness (QED) is 0.906. The molecule has 3 nitrogen and oxygen atoms in total. The molecule has 0 radical (unpaired) electrons. The molecule has 1 N–H and O–H groups in total. The van der Waals surface area contributed by atoms with Crippen molar-refractivity contribution in [3.63, 3.8) is 0 Å². The second-order valence-electron chi connectivity index (χ2n) is 6.89. The van der Waals surface area contributed by atoms with Crippen LogP contribution in [0.5, 0.6) is 0 Å². The monoisotopic (exact) mass is 263 g/mol. The zero-order valence-corrected chi connectivity index (χ0v) is 11.7. The highest BCUT2D eigenvalue weighted by atomic mass is 32.1. The Morgan fingerprint density at radius 3 is 2.33 bits per heavy atom. The van der Waals surface area contributed by atoms with Crippen LogP contribution < -0.4 is 5.32 Å². The first-order valence-electron chi connectivity index (χ1n) is 7.27. The molecule has 4 fully saturated rings. The maximum Gasteiger partial charge on any atom is 0.202 e. The molecular formula is C14H21N3S. The highest BCUT2D eigenvalue weighted by Gasteiger charge is 2.53. The maximum atomic E-state index is 4.28. The van der Waals surface area contributed by atoms with Gasteiger partial charge in [0, 0.05) is 17.6 Å². The molecule has 1 atom stereocenters. The van der Waals surface area contributed by atoms with Crippen LogP contribution in [0.4, 0.5) is 5.13 Å². The summed E-state index contributed by atoms with van der Waals surface area (Å²) in [5.74, 6) is 3.07. The van der Waals surface area contributed by atoms with E-state index in [4.69, 9.17) is 0 Å². The highest BCUT2D eigenvalue weighted by molar-refractivity contribution is 7.09. The van der Waals surface area contributed by atoms with E-state index in [-0.39, 0.29) is 0 Å². The number of rotatable bonds is 3. The average molecular weight is 263 g/mol. The number of hydrogen-bond donors (Lipinski definition) is 1. The van der Waals surface area contributed by atoms with Crippen LogP contribution in [-0.4, -0.2) is 15.4 Å². The molecule has 4 aliphatic rings. The van der Waals surface area contributed by atoms with Crippen molar-refractivity contribution >= 4 is 16.7 Å². The van der Waals surface area contributed by atoms with Gasteiger partial charge in [-0.1, -0.05) is 0 Å². The molecule has 1 heterocycles. The number of hydrogen-bond acceptors (Lipinski definition) is 4. The van der Waals surface area contributed by atoms with Gasteiger partial charge in [-0.05, 0) is 68.6 Å². The van der Waals surface area contributed by atoms with E-state index in [9.17, 15) is 0 Å².